The molecule has 25 heavy (non-hydrogen) atoms. The Hall–Kier alpha value is -1.55. The molecule has 0 radical (unpaired) electrons. The van der Waals surface area contributed by atoms with Gasteiger partial charge in [-0.2, -0.15) is 5.10 Å². The Morgan fingerprint density at radius 1 is 1.04 bits per heavy atom. The molecule has 0 bridgehead atoms. The number of hydrogen-bond donors (Lipinski definition) is 0. The molecule has 134 valence electrons. The molecule has 0 amide bonds. The minimum Gasteiger partial charge on any atom is -0.206 e. The Morgan fingerprint density at radius 3 is 2.28 bits per heavy atom. The summed E-state index contributed by atoms with van der Waals surface area (Å²) in [6.45, 7) is 4.06. The molecule has 0 spiro atoms. The maximum atomic E-state index is 14.4. The standard InChI is InChI=1S/C20H23ClF2N2/c1-3-5-13-8-10-14(11-9-13)17-12(2)24-25-20(21)19(17)18-15(22)6-4-7-16(18)23/h4,6-7,13-14H,3,5,8-11H2,1-2H3. The van der Waals surface area contributed by atoms with Crippen LogP contribution in [0.15, 0.2) is 18.2 Å². The second-order valence-corrected chi connectivity index (χ2v) is 7.33. The molecule has 0 atom stereocenters. The molecule has 0 saturated heterocycles. The average Bonchev–Trinajstić information content (AvgIpc) is 2.59. The fraction of sp³-hybridized carbons (Fsp3) is 0.500. The van der Waals surface area contributed by atoms with E-state index in [0.717, 1.165) is 37.2 Å². The van der Waals surface area contributed by atoms with Crippen LogP contribution in [-0.4, -0.2) is 10.2 Å². The van der Waals surface area contributed by atoms with Crippen LogP contribution >= 0.6 is 11.6 Å². The summed E-state index contributed by atoms with van der Waals surface area (Å²) in [6.07, 6.45) is 6.71. The highest BCUT2D eigenvalue weighted by Gasteiger charge is 2.29. The van der Waals surface area contributed by atoms with Crippen molar-refractivity contribution >= 4 is 11.6 Å². The summed E-state index contributed by atoms with van der Waals surface area (Å²) in [4.78, 5) is 0. The highest BCUT2D eigenvalue weighted by Crippen LogP contribution is 2.44. The second kappa shape index (κ2) is 7.77. The zero-order chi connectivity index (χ0) is 18.0. The highest BCUT2D eigenvalue weighted by molar-refractivity contribution is 6.32. The number of aryl methyl sites for hydroxylation is 1. The molecule has 2 aromatic rings. The summed E-state index contributed by atoms with van der Waals surface area (Å²) >= 11 is 6.27. The molecule has 2 nitrogen and oxygen atoms in total. The van der Waals surface area contributed by atoms with Gasteiger partial charge in [-0.3, -0.25) is 0 Å². The van der Waals surface area contributed by atoms with Gasteiger partial charge in [0.15, 0.2) is 5.15 Å². The first-order valence-electron chi connectivity index (χ1n) is 9.00. The van der Waals surface area contributed by atoms with Crippen LogP contribution in [0.2, 0.25) is 5.15 Å². The van der Waals surface area contributed by atoms with Crippen molar-refractivity contribution in [3.8, 4) is 11.1 Å². The molecular formula is C20H23ClF2N2. The first-order chi connectivity index (χ1) is 12.0. The van der Waals surface area contributed by atoms with Crippen molar-refractivity contribution < 1.29 is 8.78 Å². The van der Waals surface area contributed by atoms with E-state index < -0.39 is 11.6 Å². The predicted molar refractivity (Wildman–Crippen MR) is 96.7 cm³/mol. The lowest BCUT2D eigenvalue weighted by molar-refractivity contribution is 0.307. The Kier molecular flexibility index (Phi) is 5.67. The fourth-order valence-electron chi connectivity index (χ4n) is 4.14. The van der Waals surface area contributed by atoms with Gasteiger partial charge < -0.3 is 0 Å². The van der Waals surface area contributed by atoms with E-state index >= 15 is 0 Å². The van der Waals surface area contributed by atoms with E-state index in [4.69, 9.17) is 11.6 Å². The number of aromatic nitrogens is 2. The normalized spacial score (nSPS) is 20.7. The van der Waals surface area contributed by atoms with E-state index in [1.807, 2.05) is 6.92 Å². The first kappa shape index (κ1) is 18.2. The maximum absolute atomic E-state index is 14.4. The summed E-state index contributed by atoms with van der Waals surface area (Å²) in [6, 6.07) is 3.87. The average molecular weight is 365 g/mol. The van der Waals surface area contributed by atoms with Crippen LogP contribution in [0.1, 0.15) is 62.6 Å². The fourth-order valence-corrected chi connectivity index (χ4v) is 4.37. The number of hydrogen-bond acceptors (Lipinski definition) is 2. The van der Waals surface area contributed by atoms with Gasteiger partial charge >= 0.3 is 0 Å². The molecule has 1 aliphatic rings. The number of nitrogens with zero attached hydrogens (tertiary/aromatic N) is 2. The van der Waals surface area contributed by atoms with Crippen LogP contribution in [0.4, 0.5) is 8.78 Å². The first-order valence-corrected chi connectivity index (χ1v) is 9.37. The van der Waals surface area contributed by atoms with Crippen molar-refractivity contribution in [3.05, 3.63) is 46.2 Å². The SMILES string of the molecule is CCCC1CCC(c2c(C)nnc(Cl)c2-c2c(F)cccc2F)CC1. The van der Waals surface area contributed by atoms with E-state index in [9.17, 15) is 8.78 Å². The molecule has 0 aliphatic heterocycles. The zero-order valence-corrected chi connectivity index (χ0v) is 15.4. The van der Waals surface area contributed by atoms with E-state index in [0.29, 0.717) is 11.3 Å². The lowest BCUT2D eigenvalue weighted by atomic mass is 9.75. The van der Waals surface area contributed by atoms with Crippen LogP contribution in [0.5, 0.6) is 0 Å². The third kappa shape index (κ3) is 3.69. The Bertz CT molecular complexity index is 735. The third-order valence-electron chi connectivity index (χ3n) is 5.32. The van der Waals surface area contributed by atoms with E-state index in [1.54, 1.807) is 0 Å². The van der Waals surface area contributed by atoms with Gasteiger partial charge in [0.05, 0.1) is 11.3 Å². The third-order valence-corrected chi connectivity index (χ3v) is 5.58. The minimum absolute atomic E-state index is 0.0697. The lowest BCUT2D eigenvalue weighted by Crippen LogP contribution is -2.16. The molecule has 5 heteroatoms. The molecule has 1 aromatic carbocycles. The van der Waals surface area contributed by atoms with E-state index in [-0.39, 0.29) is 16.6 Å². The monoisotopic (exact) mass is 364 g/mol. The van der Waals surface area contributed by atoms with Gasteiger partial charge in [-0.1, -0.05) is 37.4 Å². The van der Waals surface area contributed by atoms with Crippen molar-refractivity contribution in [1.29, 1.82) is 0 Å². The number of halogens is 3. The van der Waals surface area contributed by atoms with Crippen molar-refractivity contribution in [2.75, 3.05) is 0 Å². The van der Waals surface area contributed by atoms with Gasteiger partial charge in [0.1, 0.15) is 11.6 Å². The topological polar surface area (TPSA) is 25.8 Å². The quantitative estimate of drug-likeness (QED) is 0.622. The van der Waals surface area contributed by atoms with Gasteiger partial charge in [0.2, 0.25) is 0 Å². The van der Waals surface area contributed by atoms with Crippen molar-refractivity contribution in [1.82, 2.24) is 10.2 Å². The molecule has 0 unspecified atom stereocenters. The number of benzene rings is 1. The van der Waals surface area contributed by atoms with Crippen LogP contribution in [0.3, 0.4) is 0 Å². The van der Waals surface area contributed by atoms with Crippen LogP contribution < -0.4 is 0 Å². The van der Waals surface area contributed by atoms with Crippen molar-refractivity contribution in [2.24, 2.45) is 5.92 Å². The summed E-state index contributed by atoms with van der Waals surface area (Å²) in [7, 11) is 0. The molecule has 0 N–H and O–H groups in total. The summed E-state index contributed by atoms with van der Waals surface area (Å²) < 4.78 is 28.8. The zero-order valence-electron chi connectivity index (χ0n) is 14.7. The van der Waals surface area contributed by atoms with Gasteiger partial charge in [-0.05, 0) is 62.1 Å². The molecule has 1 saturated carbocycles. The summed E-state index contributed by atoms with van der Waals surface area (Å²) in [5.41, 5.74) is 1.86. The van der Waals surface area contributed by atoms with Crippen molar-refractivity contribution in [2.45, 2.75) is 58.3 Å². The van der Waals surface area contributed by atoms with Crippen molar-refractivity contribution in [3.63, 3.8) is 0 Å². The molecule has 3 rings (SSSR count). The molecular weight excluding hydrogens is 342 g/mol. The predicted octanol–water partition coefficient (Wildman–Crippen LogP) is 6.46. The lowest BCUT2D eigenvalue weighted by Gasteiger charge is -2.30. The summed E-state index contributed by atoms with van der Waals surface area (Å²) in [5, 5.41) is 8.12. The highest BCUT2D eigenvalue weighted by atomic mass is 35.5. The van der Waals surface area contributed by atoms with Gasteiger partial charge in [0.25, 0.3) is 0 Å². The maximum Gasteiger partial charge on any atom is 0.160 e. The molecule has 1 aliphatic carbocycles. The van der Waals surface area contributed by atoms with E-state index in [1.165, 1.54) is 31.0 Å². The number of rotatable bonds is 4. The van der Waals surface area contributed by atoms with Crippen LogP contribution in [0, 0.1) is 24.5 Å². The van der Waals surface area contributed by atoms with Crippen LogP contribution in [0.25, 0.3) is 11.1 Å². The summed E-state index contributed by atoms with van der Waals surface area (Å²) in [5.74, 6) is -0.263. The molecule has 1 fully saturated rings. The van der Waals surface area contributed by atoms with Gasteiger partial charge in [-0.25, -0.2) is 8.78 Å². The second-order valence-electron chi connectivity index (χ2n) is 6.97. The van der Waals surface area contributed by atoms with E-state index in [2.05, 4.69) is 17.1 Å². The molecule has 1 aromatic heterocycles. The van der Waals surface area contributed by atoms with Gasteiger partial charge in [0, 0.05) is 5.56 Å². The Morgan fingerprint density at radius 2 is 1.68 bits per heavy atom. The minimum atomic E-state index is -0.616. The smallest absolute Gasteiger partial charge is 0.160 e. The van der Waals surface area contributed by atoms with Crippen LogP contribution in [-0.2, 0) is 0 Å². The van der Waals surface area contributed by atoms with Gasteiger partial charge in [-0.15, -0.1) is 5.10 Å². The molecule has 1 heterocycles. The Balaban J connectivity index is 2.05. The largest absolute Gasteiger partial charge is 0.206 e. The Labute approximate surface area is 152 Å².